The number of hydrogen-bond donors (Lipinski definition) is 1. The molecule has 0 bridgehead atoms. The molecule has 2 heterocycles. The fourth-order valence-electron chi connectivity index (χ4n) is 2.09. The molecule has 0 saturated heterocycles. The van der Waals surface area contributed by atoms with Crippen LogP contribution in [0.3, 0.4) is 0 Å². The highest BCUT2D eigenvalue weighted by molar-refractivity contribution is 7.21. The summed E-state index contributed by atoms with van der Waals surface area (Å²) in [5.74, 6) is 0.192. The Balaban J connectivity index is 2.05. The van der Waals surface area contributed by atoms with Crippen LogP contribution >= 0.6 is 46.1 Å². The van der Waals surface area contributed by atoms with E-state index in [4.69, 9.17) is 39.3 Å². The zero-order valence-electron chi connectivity index (χ0n) is 11.5. The highest BCUT2D eigenvalue weighted by Gasteiger charge is 2.21. The second-order valence-corrected chi connectivity index (χ2v) is 6.93. The van der Waals surface area contributed by atoms with Gasteiger partial charge < -0.3 is 9.84 Å². The van der Waals surface area contributed by atoms with Crippen LogP contribution in [0.2, 0.25) is 15.1 Å². The molecule has 114 valence electrons. The minimum atomic E-state index is -0.340. The first-order valence-corrected chi connectivity index (χ1v) is 8.14. The van der Waals surface area contributed by atoms with Crippen LogP contribution < -0.4 is 5.32 Å². The van der Waals surface area contributed by atoms with E-state index in [0.717, 1.165) is 4.70 Å². The van der Waals surface area contributed by atoms with Crippen LogP contribution in [-0.2, 0) is 0 Å². The van der Waals surface area contributed by atoms with Gasteiger partial charge in [0, 0.05) is 15.1 Å². The number of carbonyl (C=O) groups excluding carboxylic acids is 1. The number of halogens is 3. The van der Waals surface area contributed by atoms with Gasteiger partial charge in [-0.1, -0.05) is 40.0 Å². The third-order valence-electron chi connectivity index (χ3n) is 3.13. The van der Waals surface area contributed by atoms with Crippen molar-refractivity contribution >= 4 is 67.8 Å². The lowest BCUT2D eigenvalue weighted by atomic mass is 10.2. The van der Waals surface area contributed by atoms with E-state index in [0.29, 0.717) is 42.5 Å². The maximum Gasteiger partial charge on any atom is 0.267 e. The number of thiophene rings is 1. The standard InChI is InChI=1S/C14H9Cl3N2O2S/c1-5-12(6(2)21-19-5)18-14(20)13-11(17)10-8(16)3-7(15)4-9(10)22-13/h3-4H,1-2H3,(H,18,20). The van der Waals surface area contributed by atoms with Gasteiger partial charge in [0.15, 0.2) is 5.76 Å². The molecule has 3 rings (SSSR count). The number of nitrogens with one attached hydrogen (secondary N) is 1. The Morgan fingerprint density at radius 3 is 2.64 bits per heavy atom. The highest BCUT2D eigenvalue weighted by atomic mass is 35.5. The van der Waals surface area contributed by atoms with E-state index < -0.39 is 0 Å². The van der Waals surface area contributed by atoms with Crippen LogP contribution in [0, 0.1) is 13.8 Å². The van der Waals surface area contributed by atoms with Crippen LogP contribution in [-0.4, -0.2) is 11.1 Å². The SMILES string of the molecule is Cc1noc(C)c1NC(=O)c1sc2cc(Cl)cc(Cl)c2c1Cl. The monoisotopic (exact) mass is 374 g/mol. The number of aromatic nitrogens is 1. The Labute approximate surface area is 144 Å². The third kappa shape index (κ3) is 2.58. The molecule has 1 N–H and O–H groups in total. The Kier molecular flexibility index (Phi) is 4.07. The average Bonchev–Trinajstić information content (AvgIpc) is 2.93. The summed E-state index contributed by atoms with van der Waals surface area (Å²) in [5.41, 5.74) is 1.15. The molecule has 1 amide bonds. The van der Waals surface area contributed by atoms with Crippen LogP contribution in [0.5, 0.6) is 0 Å². The fraction of sp³-hybridized carbons (Fsp3) is 0.143. The number of anilines is 1. The quantitative estimate of drug-likeness (QED) is 0.623. The van der Waals surface area contributed by atoms with Gasteiger partial charge in [-0.15, -0.1) is 11.3 Å². The smallest absolute Gasteiger partial charge is 0.267 e. The van der Waals surface area contributed by atoms with E-state index in [-0.39, 0.29) is 5.91 Å². The zero-order chi connectivity index (χ0) is 16.0. The van der Waals surface area contributed by atoms with Crippen molar-refractivity contribution in [1.29, 1.82) is 0 Å². The maximum atomic E-state index is 12.5. The van der Waals surface area contributed by atoms with E-state index in [1.807, 2.05) is 0 Å². The van der Waals surface area contributed by atoms with Crippen LogP contribution in [0.4, 0.5) is 5.69 Å². The summed E-state index contributed by atoms with van der Waals surface area (Å²) in [5, 5.41) is 8.41. The van der Waals surface area contributed by atoms with Gasteiger partial charge in [0.25, 0.3) is 5.91 Å². The molecule has 4 nitrogen and oxygen atoms in total. The van der Waals surface area contributed by atoms with E-state index in [1.165, 1.54) is 11.3 Å². The summed E-state index contributed by atoms with van der Waals surface area (Å²) >= 11 is 19.7. The van der Waals surface area contributed by atoms with Gasteiger partial charge in [0.05, 0.1) is 10.0 Å². The van der Waals surface area contributed by atoms with Gasteiger partial charge >= 0.3 is 0 Å². The molecule has 22 heavy (non-hydrogen) atoms. The van der Waals surface area contributed by atoms with Gasteiger partial charge in [-0.25, -0.2) is 0 Å². The molecule has 8 heteroatoms. The zero-order valence-corrected chi connectivity index (χ0v) is 14.5. The topological polar surface area (TPSA) is 55.1 Å². The van der Waals surface area contributed by atoms with Crippen molar-refractivity contribution in [2.75, 3.05) is 5.32 Å². The molecule has 1 aromatic carbocycles. The molecule has 0 aliphatic rings. The van der Waals surface area contributed by atoms with Crippen molar-refractivity contribution < 1.29 is 9.32 Å². The molecule has 0 unspecified atom stereocenters. The van der Waals surface area contributed by atoms with E-state index in [1.54, 1.807) is 26.0 Å². The highest BCUT2D eigenvalue weighted by Crippen LogP contribution is 2.41. The van der Waals surface area contributed by atoms with Crippen LogP contribution in [0.15, 0.2) is 16.7 Å². The van der Waals surface area contributed by atoms with Gasteiger partial charge in [-0.05, 0) is 26.0 Å². The number of benzene rings is 1. The molecule has 3 aromatic rings. The summed E-state index contributed by atoms with van der Waals surface area (Å²) in [4.78, 5) is 12.8. The summed E-state index contributed by atoms with van der Waals surface area (Å²) in [7, 11) is 0. The summed E-state index contributed by atoms with van der Waals surface area (Å²) in [6.07, 6.45) is 0. The minimum Gasteiger partial charge on any atom is -0.359 e. The molecule has 0 aliphatic carbocycles. The van der Waals surface area contributed by atoms with E-state index in [2.05, 4.69) is 10.5 Å². The van der Waals surface area contributed by atoms with E-state index >= 15 is 0 Å². The van der Waals surface area contributed by atoms with Crippen molar-refractivity contribution in [1.82, 2.24) is 5.16 Å². The Hall–Kier alpha value is -1.27. The third-order valence-corrected chi connectivity index (χ3v) is 5.27. The molecule has 0 fully saturated rings. The largest absolute Gasteiger partial charge is 0.359 e. The number of fused-ring (bicyclic) bond motifs is 1. The van der Waals surface area contributed by atoms with Crippen molar-refractivity contribution in [3.05, 3.63) is 43.5 Å². The molecule has 0 atom stereocenters. The predicted molar refractivity (Wildman–Crippen MR) is 90.8 cm³/mol. The Morgan fingerprint density at radius 1 is 1.27 bits per heavy atom. The molecule has 2 aromatic heterocycles. The number of hydrogen-bond acceptors (Lipinski definition) is 4. The predicted octanol–water partition coefficient (Wildman–Crippen LogP) is 5.72. The van der Waals surface area contributed by atoms with Crippen LogP contribution in [0.25, 0.3) is 10.1 Å². The lowest BCUT2D eigenvalue weighted by Crippen LogP contribution is -2.11. The number of nitrogens with zero attached hydrogens (tertiary/aromatic N) is 1. The van der Waals surface area contributed by atoms with E-state index in [9.17, 15) is 4.79 Å². The Morgan fingerprint density at radius 2 is 2.00 bits per heavy atom. The molecule has 0 spiro atoms. The van der Waals surface area contributed by atoms with Gasteiger partial charge in [0.1, 0.15) is 16.3 Å². The van der Waals surface area contributed by atoms with Crippen molar-refractivity contribution in [3.63, 3.8) is 0 Å². The van der Waals surface area contributed by atoms with Crippen molar-refractivity contribution in [2.24, 2.45) is 0 Å². The normalized spacial score (nSPS) is 11.1. The summed E-state index contributed by atoms with van der Waals surface area (Å²) < 4.78 is 5.78. The number of aryl methyl sites for hydroxylation is 2. The van der Waals surface area contributed by atoms with Crippen molar-refractivity contribution in [2.45, 2.75) is 13.8 Å². The number of carbonyl (C=O) groups is 1. The lowest BCUT2D eigenvalue weighted by molar-refractivity contribution is 0.103. The average molecular weight is 376 g/mol. The first-order valence-electron chi connectivity index (χ1n) is 6.19. The summed E-state index contributed by atoms with van der Waals surface area (Å²) in [6.45, 7) is 3.47. The van der Waals surface area contributed by atoms with Gasteiger partial charge in [-0.3, -0.25) is 4.79 Å². The first kappa shape index (κ1) is 15.6. The molecular formula is C14H9Cl3N2O2S. The Bertz CT molecular complexity index is 882. The molecular weight excluding hydrogens is 367 g/mol. The number of rotatable bonds is 2. The number of amides is 1. The van der Waals surface area contributed by atoms with Crippen LogP contribution in [0.1, 0.15) is 21.1 Å². The van der Waals surface area contributed by atoms with Gasteiger partial charge in [0.2, 0.25) is 0 Å². The van der Waals surface area contributed by atoms with Crippen molar-refractivity contribution in [3.8, 4) is 0 Å². The second kappa shape index (κ2) is 5.74. The molecule has 0 radical (unpaired) electrons. The van der Waals surface area contributed by atoms with Gasteiger partial charge in [-0.2, -0.15) is 0 Å². The molecule has 0 saturated carbocycles. The minimum absolute atomic E-state index is 0.311. The molecule has 0 aliphatic heterocycles. The first-order chi connectivity index (χ1) is 10.4. The lowest BCUT2D eigenvalue weighted by Gasteiger charge is -2.02. The summed E-state index contributed by atoms with van der Waals surface area (Å²) in [6, 6.07) is 3.33. The fourth-order valence-corrected chi connectivity index (χ4v) is 4.36. The second-order valence-electron chi connectivity index (χ2n) is 4.66. The maximum absolute atomic E-state index is 12.5.